The van der Waals surface area contributed by atoms with Crippen molar-refractivity contribution in [2.75, 3.05) is 4.90 Å². The van der Waals surface area contributed by atoms with Gasteiger partial charge < -0.3 is 14.8 Å². The number of nitrogens with one attached hydrogen (secondary N) is 1. The number of pyridine rings is 1. The number of anilines is 1. The average molecular weight is 441 g/mol. The minimum absolute atomic E-state index is 0.0113. The predicted octanol–water partition coefficient (Wildman–Crippen LogP) is 4.98. The van der Waals surface area contributed by atoms with Gasteiger partial charge in [-0.15, -0.1) is 0 Å². The molecule has 0 radical (unpaired) electrons. The highest BCUT2D eigenvalue weighted by Gasteiger charge is 2.42. The third-order valence-corrected chi connectivity index (χ3v) is 6.18. The van der Waals surface area contributed by atoms with Crippen molar-refractivity contribution in [3.63, 3.8) is 0 Å². The number of thiocarbonyl (C=S) groups is 1. The molecule has 1 N–H and O–H groups in total. The molecule has 3 heterocycles. The molecule has 1 aliphatic rings. The van der Waals surface area contributed by atoms with Gasteiger partial charge in [-0.2, -0.15) is 0 Å². The average Bonchev–Trinajstić information content (AvgIpc) is 3.14. The molecule has 2 aromatic heterocycles. The molecule has 4 rings (SSSR count). The summed E-state index contributed by atoms with van der Waals surface area (Å²) in [6, 6.07) is 16.6. The zero-order valence-electron chi connectivity index (χ0n) is 15.5. The van der Waals surface area contributed by atoms with Gasteiger partial charge in [0.05, 0.1) is 17.8 Å². The lowest BCUT2D eigenvalue weighted by atomic mass is 9.96. The lowest BCUT2D eigenvalue weighted by molar-refractivity contribution is 0.564. The summed E-state index contributed by atoms with van der Waals surface area (Å²) in [7, 11) is 2.11. The maximum atomic E-state index is 5.76. The molecule has 0 aliphatic carbocycles. The van der Waals surface area contributed by atoms with Gasteiger partial charge in [-0.1, -0.05) is 22.0 Å². The Hall–Kier alpha value is -2.18. The van der Waals surface area contributed by atoms with Crippen molar-refractivity contribution in [1.29, 1.82) is 0 Å². The molecule has 2 atom stereocenters. The van der Waals surface area contributed by atoms with Crippen molar-refractivity contribution < 1.29 is 0 Å². The van der Waals surface area contributed by atoms with Crippen molar-refractivity contribution in [1.82, 2.24) is 14.9 Å². The van der Waals surface area contributed by atoms with Gasteiger partial charge >= 0.3 is 0 Å². The topological polar surface area (TPSA) is 33.1 Å². The molecule has 0 amide bonds. The van der Waals surface area contributed by atoms with Gasteiger partial charge in [0.1, 0.15) is 0 Å². The fraction of sp³-hybridized carbons (Fsp3) is 0.238. The van der Waals surface area contributed by atoms with E-state index < -0.39 is 0 Å². The molecule has 27 heavy (non-hydrogen) atoms. The van der Waals surface area contributed by atoms with Gasteiger partial charge in [0.2, 0.25) is 0 Å². The van der Waals surface area contributed by atoms with Gasteiger partial charge in [0.15, 0.2) is 5.11 Å². The number of aromatic nitrogens is 2. The van der Waals surface area contributed by atoms with Crippen LogP contribution in [0.25, 0.3) is 0 Å². The maximum Gasteiger partial charge on any atom is 0.174 e. The molecule has 1 saturated heterocycles. The summed E-state index contributed by atoms with van der Waals surface area (Å²) in [4.78, 5) is 6.82. The first-order valence-corrected chi connectivity index (χ1v) is 10.1. The second-order valence-corrected chi connectivity index (χ2v) is 8.16. The number of rotatable bonds is 3. The van der Waals surface area contributed by atoms with E-state index in [1.54, 1.807) is 0 Å². The lowest BCUT2D eigenvalue weighted by Crippen LogP contribution is -2.29. The zero-order valence-corrected chi connectivity index (χ0v) is 17.9. The van der Waals surface area contributed by atoms with Crippen LogP contribution in [0.4, 0.5) is 5.69 Å². The molecule has 3 aromatic rings. The van der Waals surface area contributed by atoms with Crippen molar-refractivity contribution >= 4 is 38.9 Å². The molecule has 0 unspecified atom stereocenters. The van der Waals surface area contributed by atoms with Crippen LogP contribution in [0.5, 0.6) is 0 Å². The normalized spacial score (nSPS) is 19.4. The van der Waals surface area contributed by atoms with Gasteiger partial charge in [0.25, 0.3) is 0 Å². The number of aryl methyl sites for hydroxylation is 1. The van der Waals surface area contributed by atoms with Crippen molar-refractivity contribution in [3.05, 3.63) is 81.8 Å². The predicted molar refractivity (Wildman–Crippen MR) is 117 cm³/mol. The van der Waals surface area contributed by atoms with E-state index in [1.165, 1.54) is 17.0 Å². The molecule has 1 fully saturated rings. The molecular weight excluding hydrogens is 420 g/mol. The zero-order chi connectivity index (χ0) is 19.1. The van der Waals surface area contributed by atoms with E-state index >= 15 is 0 Å². The quantitative estimate of drug-likeness (QED) is 0.582. The Morgan fingerprint density at radius 2 is 1.85 bits per heavy atom. The third-order valence-electron chi connectivity index (χ3n) is 5.34. The third kappa shape index (κ3) is 3.17. The van der Waals surface area contributed by atoms with Crippen molar-refractivity contribution in [2.45, 2.75) is 25.9 Å². The summed E-state index contributed by atoms with van der Waals surface area (Å²) in [6.07, 6.45) is 1.84. The van der Waals surface area contributed by atoms with E-state index in [0.29, 0.717) is 0 Å². The van der Waals surface area contributed by atoms with Crippen LogP contribution in [0.1, 0.15) is 34.7 Å². The molecule has 1 aromatic carbocycles. The number of nitrogens with zero attached hydrogens (tertiary/aromatic N) is 3. The number of halogens is 1. The second kappa shape index (κ2) is 7.09. The molecule has 0 bridgehead atoms. The Kier molecular flexibility index (Phi) is 4.78. The smallest absolute Gasteiger partial charge is 0.174 e. The molecule has 1 aliphatic heterocycles. The van der Waals surface area contributed by atoms with Crippen LogP contribution < -0.4 is 10.2 Å². The molecule has 138 valence electrons. The Morgan fingerprint density at radius 3 is 2.44 bits per heavy atom. The first kappa shape index (κ1) is 18.2. The molecule has 4 nitrogen and oxygen atoms in total. The summed E-state index contributed by atoms with van der Waals surface area (Å²) >= 11 is 9.28. The van der Waals surface area contributed by atoms with Gasteiger partial charge in [-0.25, -0.2) is 0 Å². The minimum atomic E-state index is -0.0113. The number of hydrogen-bond donors (Lipinski definition) is 1. The highest BCUT2D eigenvalue weighted by molar-refractivity contribution is 9.10. The standard InChI is InChI=1S/C21H21BrN4S/c1-13-12-17(14(2)25(13)3)20-19(18-6-4-5-11-23-18)24-21(27)26(20)16-9-7-15(22)8-10-16/h4-12,19-20H,1-3H3,(H,24,27)/t19-,20-/m1/s1. The van der Waals surface area contributed by atoms with Crippen LogP contribution in [0, 0.1) is 13.8 Å². The van der Waals surface area contributed by atoms with E-state index in [1.807, 2.05) is 30.5 Å². The Morgan fingerprint density at radius 1 is 1.11 bits per heavy atom. The Bertz CT molecular complexity index is 981. The fourth-order valence-corrected chi connectivity index (χ4v) is 4.34. The first-order chi connectivity index (χ1) is 13.0. The number of hydrogen-bond acceptors (Lipinski definition) is 2. The summed E-state index contributed by atoms with van der Waals surface area (Å²) in [5.74, 6) is 0. The van der Waals surface area contributed by atoms with Crippen LogP contribution in [0.15, 0.2) is 59.2 Å². The summed E-state index contributed by atoms with van der Waals surface area (Å²) in [5, 5.41) is 4.23. The summed E-state index contributed by atoms with van der Waals surface area (Å²) in [6.45, 7) is 4.30. The molecule has 0 spiro atoms. The van der Waals surface area contributed by atoms with Crippen LogP contribution >= 0.6 is 28.1 Å². The Balaban J connectivity index is 1.87. The van der Waals surface area contributed by atoms with E-state index in [-0.39, 0.29) is 12.1 Å². The van der Waals surface area contributed by atoms with Crippen molar-refractivity contribution in [3.8, 4) is 0 Å². The first-order valence-electron chi connectivity index (χ1n) is 8.86. The fourth-order valence-electron chi connectivity index (χ4n) is 3.73. The lowest BCUT2D eigenvalue weighted by Gasteiger charge is -2.28. The largest absolute Gasteiger partial charge is 0.352 e. The van der Waals surface area contributed by atoms with Crippen LogP contribution in [0.2, 0.25) is 0 Å². The summed E-state index contributed by atoms with van der Waals surface area (Å²) < 4.78 is 3.28. The Labute approximate surface area is 173 Å². The van der Waals surface area contributed by atoms with Crippen molar-refractivity contribution in [2.24, 2.45) is 7.05 Å². The molecule has 6 heteroatoms. The van der Waals surface area contributed by atoms with Gasteiger partial charge in [0, 0.05) is 34.8 Å². The number of benzene rings is 1. The highest BCUT2D eigenvalue weighted by Crippen LogP contribution is 2.43. The maximum absolute atomic E-state index is 5.76. The highest BCUT2D eigenvalue weighted by atomic mass is 79.9. The molecular formula is C21H21BrN4S. The van der Waals surface area contributed by atoms with E-state index in [4.69, 9.17) is 12.2 Å². The van der Waals surface area contributed by atoms with Crippen LogP contribution in [0.3, 0.4) is 0 Å². The van der Waals surface area contributed by atoms with Crippen LogP contribution in [-0.2, 0) is 7.05 Å². The minimum Gasteiger partial charge on any atom is -0.352 e. The van der Waals surface area contributed by atoms with E-state index in [2.05, 4.69) is 80.9 Å². The molecule has 0 saturated carbocycles. The van der Waals surface area contributed by atoms with Gasteiger partial charge in [-0.3, -0.25) is 4.98 Å². The van der Waals surface area contributed by atoms with Gasteiger partial charge in [-0.05, 0) is 74.1 Å². The van der Waals surface area contributed by atoms with E-state index in [9.17, 15) is 0 Å². The second-order valence-electron chi connectivity index (χ2n) is 6.86. The summed E-state index contributed by atoms with van der Waals surface area (Å²) in [5.41, 5.74) is 5.80. The monoisotopic (exact) mass is 440 g/mol. The van der Waals surface area contributed by atoms with E-state index in [0.717, 1.165) is 21.0 Å². The SMILES string of the molecule is Cc1cc([C@@H]2[C@@H](c3ccccn3)NC(=S)N2c2ccc(Br)cc2)c(C)n1C. The van der Waals surface area contributed by atoms with Crippen LogP contribution in [-0.4, -0.2) is 14.7 Å².